The Kier molecular flexibility index (Phi) is 7.00. The maximum absolute atomic E-state index is 4.02. The quantitative estimate of drug-likeness (QED) is 0.828. The Labute approximate surface area is 105 Å². The Morgan fingerprint density at radius 1 is 1.12 bits per heavy atom. The zero-order valence-electron chi connectivity index (χ0n) is 9.54. The molecule has 0 bridgehead atoms. The predicted molar refractivity (Wildman–Crippen MR) is 72.6 cm³/mol. The molecular formula is C10H16N4S2. The Morgan fingerprint density at radius 2 is 1.69 bits per heavy atom. The largest absolute Gasteiger partial charge is 0.341 e. The molecule has 0 amide bonds. The second-order valence-electron chi connectivity index (χ2n) is 2.83. The molecule has 1 aromatic rings. The van der Waals surface area contributed by atoms with E-state index in [1.807, 2.05) is 23.5 Å². The molecule has 2 rings (SSSR count). The number of nitrogens with zero attached hydrogens (tertiary/aromatic N) is 4. The number of hydrogen-bond donors (Lipinski definition) is 0. The van der Waals surface area contributed by atoms with E-state index in [0.29, 0.717) is 0 Å². The van der Waals surface area contributed by atoms with Crippen LogP contribution >= 0.6 is 23.5 Å². The first-order valence-electron chi connectivity index (χ1n) is 5.13. The molecule has 0 aliphatic carbocycles. The van der Waals surface area contributed by atoms with Crippen molar-refractivity contribution in [3.63, 3.8) is 0 Å². The third-order valence-corrected chi connectivity index (χ3v) is 3.83. The van der Waals surface area contributed by atoms with E-state index in [0.717, 1.165) is 19.0 Å². The highest BCUT2D eigenvalue weighted by Gasteiger charge is 2.01. The summed E-state index contributed by atoms with van der Waals surface area (Å²) >= 11 is 3.71. The summed E-state index contributed by atoms with van der Waals surface area (Å²) in [4.78, 5) is 13.9. The van der Waals surface area contributed by atoms with Gasteiger partial charge in [-0.05, 0) is 24.7 Å². The minimum absolute atomic E-state index is 0.755. The van der Waals surface area contributed by atoms with Crippen LogP contribution in [0.3, 0.4) is 0 Å². The highest BCUT2D eigenvalue weighted by Crippen LogP contribution is 2.22. The molecule has 0 aromatic carbocycles. The van der Waals surface area contributed by atoms with Gasteiger partial charge >= 0.3 is 0 Å². The maximum atomic E-state index is 4.02. The third kappa shape index (κ3) is 4.85. The van der Waals surface area contributed by atoms with Gasteiger partial charge in [-0.3, -0.25) is 0 Å². The number of anilines is 1. The smallest absolute Gasteiger partial charge is 0.228 e. The van der Waals surface area contributed by atoms with Gasteiger partial charge < -0.3 is 4.90 Å². The van der Waals surface area contributed by atoms with Crippen molar-refractivity contribution in [1.82, 2.24) is 15.0 Å². The molecule has 0 saturated heterocycles. The second-order valence-corrected chi connectivity index (χ2v) is 4.99. The number of rotatable bonds is 3. The van der Waals surface area contributed by atoms with Gasteiger partial charge in [0, 0.05) is 18.2 Å². The van der Waals surface area contributed by atoms with Crippen molar-refractivity contribution in [2.45, 2.75) is 13.8 Å². The molecular weight excluding hydrogens is 240 g/mol. The van der Waals surface area contributed by atoms with Crippen LogP contribution < -0.4 is 4.90 Å². The van der Waals surface area contributed by atoms with Gasteiger partial charge in [0.2, 0.25) is 5.95 Å². The Balaban J connectivity index is 0.000000212. The molecule has 0 spiro atoms. The lowest BCUT2D eigenvalue weighted by molar-refractivity contribution is 0.811. The first kappa shape index (κ1) is 13.3. The minimum atomic E-state index is 0.755. The van der Waals surface area contributed by atoms with E-state index >= 15 is 0 Å². The first-order chi connectivity index (χ1) is 7.88. The molecule has 16 heavy (non-hydrogen) atoms. The minimum Gasteiger partial charge on any atom is -0.341 e. The summed E-state index contributed by atoms with van der Waals surface area (Å²) < 4.78 is 0. The molecule has 0 fully saturated rings. The fraction of sp³-hybridized carbons (Fsp3) is 0.500. The van der Waals surface area contributed by atoms with E-state index < -0.39 is 0 Å². The van der Waals surface area contributed by atoms with Crippen LogP contribution in [0.5, 0.6) is 0 Å². The van der Waals surface area contributed by atoms with Gasteiger partial charge in [-0.25, -0.2) is 15.0 Å². The third-order valence-electron chi connectivity index (χ3n) is 1.91. The van der Waals surface area contributed by atoms with Crippen LogP contribution in [-0.2, 0) is 0 Å². The lowest BCUT2D eigenvalue weighted by Gasteiger charge is -2.16. The molecule has 1 aliphatic rings. The molecule has 0 unspecified atom stereocenters. The van der Waals surface area contributed by atoms with E-state index in [4.69, 9.17) is 0 Å². The molecule has 2 heterocycles. The van der Waals surface area contributed by atoms with Gasteiger partial charge in [0.05, 0.1) is 0 Å². The zero-order valence-corrected chi connectivity index (χ0v) is 11.2. The zero-order chi connectivity index (χ0) is 11.6. The molecule has 0 atom stereocenters. The van der Waals surface area contributed by atoms with E-state index in [1.54, 1.807) is 0 Å². The van der Waals surface area contributed by atoms with Crippen molar-refractivity contribution >= 4 is 29.5 Å². The molecule has 4 nitrogen and oxygen atoms in total. The van der Waals surface area contributed by atoms with Crippen LogP contribution in [0.1, 0.15) is 13.8 Å². The van der Waals surface area contributed by atoms with Gasteiger partial charge in [-0.15, -0.1) is 23.5 Å². The molecule has 1 aromatic heterocycles. The summed E-state index contributed by atoms with van der Waals surface area (Å²) in [7, 11) is 0. The Hall–Kier alpha value is -0.750. The van der Waals surface area contributed by atoms with Gasteiger partial charge in [-0.1, -0.05) is 0 Å². The average molecular weight is 256 g/mol. The maximum Gasteiger partial charge on any atom is 0.228 e. The van der Waals surface area contributed by atoms with E-state index in [9.17, 15) is 0 Å². The van der Waals surface area contributed by atoms with Crippen molar-refractivity contribution in [2.24, 2.45) is 0 Å². The van der Waals surface area contributed by atoms with Gasteiger partial charge in [0.1, 0.15) is 12.7 Å². The van der Waals surface area contributed by atoms with E-state index in [2.05, 4.69) is 44.5 Å². The summed E-state index contributed by atoms with van der Waals surface area (Å²) in [5.74, 6) is 0.755. The first-order valence-corrected chi connectivity index (χ1v) is 7.23. The average Bonchev–Trinajstić information content (AvgIpc) is 2.91. The summed E-state index contributed by atoms with van der Waals surface area (Å²) in [6.45, 7) is 6.02. The van der Waals surface area contributed by atoms with Crippen molar-refractivity contribution in [1.29, 1.82) is 0 Å². The van der Waals surface area contributed by atoms with Crippen molar-refractivity contribution in [3.8, 4) is 0 Å². The molecule has 0 N–H and O–H groups in total. The number of thioether (sulfide) groups is 2. The lowest BCUT2D eigenvalue weighted by Crippen LogP contribution is -2.23. The predicted octanol–water partition coefficient (Wildman–Crippen LogP) is 2.61. The standard InChI is InChI=1S/C7H12N4.C3H4S2/c1-3-11(4-2)7-9-5-8-6-10-7;1-2-5-3-4-1/h5-6H,3-4H2,1-2H3;1-2H,3H2. The molecule has 0 saturated carbocycles. The van der Waals surface area contributed by atoms with Crippen LogP contribution in [0, 0.1) is 0 Å². The van der Waals surface area contributed by atoms with Crippen LogP contribution in [0.15, 0.2) is 23.5 Å². The fourth-order valence-corrected chi connectivity index (χ4v) is 2.67. The Bertz CT molecular complexity index is 295. The topological polar surface area (TPSA) is 41.9 Å². The number of aromatic nitrogens is 3. The highest BCUT2D eigenvalue weighted by atomic mass is 32.2. The SMILES string of the molecule is C1=CSCS1.CCN(CC)c1ncncn1. The normalized spacial score (nSPS) is 13.1. The number of hydrogen-bond acceptors (Lipinski definition) is 6. The van der Waals surface area contributed by atoms with Crippen LogP contribution in [-0.4, -0.2) is 33.1 Å². The summed E-state index contributed by atoms with van der Waals surface area (Å²) in [6, 6.07) is 0. The monoisotopic (exact) mass is 256 g/mol. The van der Waals surface area contributed by atoms with Crippen LogP contribution in [0.2, 0.25) is 0 Å². The molecule has 0 radical (unpaired) electrons. The van der Waals surface area contributed by atoms with Crippen LogP contribution in [0.4, 0.5) is 5.95 Å². The summed E-state index contributed by atoms with van der Waals surface area (Å²) in [5, 5.41) is 5.45. The van der Waals surface area contributed by atoms with Crippen LogP contribution in [0.25, 0.3) is 0 Å². The Morgan fingerprint density at radius 3 is 2.06 bits per heavy atom. The molecule has 1 aliphatic heterocycles. The van der Waals surface area contributed by atoms with Gasteiger partial charge in [0.15, 0.2) is 0 Å². The van der Waals surface area contributed by atoms with Crippen molar-refractivity contribution in [2.75, 3.05) is 23.1 Å². The summed E-state index contributed by atoms with van der Waals surface area (Å²) in [6.07, 6.45) is 3.03. The fourth-order valence-electron chi connectivity index (χ4n) is 1.10. The second kappa shape index (κ2) is 8.41. The van der Waals surface area contributed by atoms with Crippen molar-refractivity contribution < 1.29 is 0 Å². The van der Waals surface area contributed by atoms with E-state index in [-0.39, 0.29) is 0 Å². The van der Waals surface area contributed by atoms with Crippen molar-refractivity contribution in [3.05, 3.63) is 23.5 Å². The highest BCUT2D eigenvalue weighted by molar-refractivity contribution is 8.21. The summed E-state index contributed by atoms with van der Waals surface area (Å²) in [5.41, 5.74) is 0. The molecule has 88 valence electrons. The van der Waals surface area contributed by atoms with Gasteiger partial charge in [0.25, 0.3) is 0 Å². The van der Waals surface area contributed by atoms with Gasteiger partial charge in [-0.2, -0.15) is 0 Å². The molecule has 6 heteroatoms. The van der Waals surface area contributed by atoms with E-state index in [1.165, 1.54) is 17.7 Å². The lowest BCUT2D eigenvalue weighted by atomic mass is 10.5.